The lowest BCUT2D eigenvalue weighted by Crippen LogP contribution is -2.33. The Labute approximate surface area is 176 Å². The van der Waals surface area contributed by atoms with Crippen LogP contribution in [0.3, 0.4) is 0 Å². The minimum Gasteiger partial charge on any atom is -0.497 e. The maximum absolute atomic E-state index is 13.0. The van der Waals surface area contributed by atoms with Gasteiger partial charge < -0.3 is 15.0 Å². The van der Waals surface area contributed by atoms with E-state index in [0.29, 0.717) is 11.3 Å². The number of ether oxygens (including phenoxy) is 1. The van der Waals surface area contributed by atoms with Crippen molar-refractivity contribution in [3.05, 3.63) is 54.1 Å². The molecule has 5 nitrogen and oxygen atoms in total. The first-order valence-electron chi connectivity index (χ1n) is 10.1. The van der Waals surface area contributed by atoms with Gasteiger partial charge in [-0.25, -0.2) is 0 Å². The van der Waals surface area contributed by atoms with Crippen molar-refractivity contribution in [2.24, 2.45) is 0 Å². The average molecular weight is 413 g/mol. The van der Waals surface area contributed by atoms with E-state index in [1.165, 1.54) is 24.6 Å². The Hall–Kier alpha value is -2.47. The summed E-state index contributed by atoms with van der Waals surface area (Å²) in [6, 6.07) is 14.9. The molecule has 2 aromatic carbocycles. The van der Waals surface area contributed by atoms with Gasteiger partial charge in [0.05, 0.1) is 23.6 Å². The van der Waals surface area contributed by atoms with Crippen LogP contribution in [-0.2, 0) is 4.79 Å². The molecule has 1 aliphatic heterocycles. The highest BCUT2D eigenvalue weighted by Crippen LogP contribution is 2.27. The van der Waals surface area contributed by atoms with Crippen LogP contribution in [0.15, 0.2) is 53.4 Å². The zero-order chi connectivity index (χ0) is 20.6. The SMILES string of the molecule is COc1ccc(S[C@@H](C)C(=O)Nc2ccccc2C(=O)N2CCCCCC2)cc1. The largest absolute Gasteiger partial charge is 0.497 e. The predicted molar refractivity (Wildman–Crippen MR) is 118 cm³/mol. The Morgan fingerprint density at radius 1 is 1.00 bits per heavy atom. The van der Waals surface area contributed by atoms with Gasteiger partial charge in [-0.3, -0.25) is 9.59 Å². The minimum atomic E-state index is -0.301. The summed E-state index contributed by atoms with van der Waals surface area (Å²) >= 11 is 1.47. The van der Waals surface area contributed by atoms with Crippen molar-refractivity contribution in [3.8, 4) is 5.75 Å². The van der Waals surface area contributed by atoms with Crippen molar-refractivity contribution in [2.45, 2.75) is 42.8 Å². The minimum absolute atomic E-state index is 0.00161. The first-order valence-corrected chi connectivity index (χ1v) is 11.0. The molecule has 1 atom stereocenters. The summed E-state index contributed by atoms with van der Waals surface area (Å²) < 4.78 is 5.17. The summed E-state index contributed by atoms with van der Waals surface area (Å²) in [5, 5.41) is 2.66. The Morgan fingerprint density at radius 2 is 1.66 bits per heavy atom. The van der Waals surface area contributed by atoms with E-state index in [-0.39, 0.29) is 17.1 Å². The van der Waals surface area contributed by atoms with E-state index in [1.54, 1.807) is 19.2 Å². The van der Waals surface area contributed by atoms with Crippen molar-refractivity contribution in [2.75, 3.05) is 25.5 Å². The molecular formula is C23H28N2O3S. The van der Waals surface area contributed by atoms with Crippen molar-refractivity contribution in [1.82, 2.24) is 4.90 Å². The molecule has 0 spiro atoms. The Morgan fingerprint density at radius 3 is 2.31 bits per heavy atom. The van der Waals surface area contributed by atoms with E-state index < -0.39 is 0 Å². The van der Waals surface area contributed by atoms with Gasteiger partial charge in [-0.05, 0) is 56.2 Å². The fraction of sp³-hybridized carbons (Fsp3) is 0.391. The lowest BCUT2D eigenvalue weighted by Gasteiger charge is -2.22. The van der Waals surface area contributed by atoms with Crippen molar-refractivity contribution in [3.63, 3.8) is 0 Å². The Bertz CT molecular complexity index is 830. The van der Waals surface area contributed by atoms with Gasteiger partial charge in [0, 0.05) is 18.0 Å². The van der Waals surface area contributed by atoms with E-state index in [4.69, 9.17) is 4.74 Å². The third-order valence-electron chi connectivity index (χ3n) is 5.05. The standard InChI is InChI=1S/C23H28N2O3S/c1-17(29-19-13-11-18(28-2)12-14-19)22(26)24-21-10-6-5-9-20(21)23(27)25-15-7-3-4-8-16-25/h5-6,9-14,17H,3-4,7-8,15-16H2,1-2H3,(H,24,26)/t17-/m0/s1. The van der Waals surface area contributed by atoms with Crippen LogP contribution in [-0.4, -0.2) is 42.2 Å². The Kier molecular flexibility index (Phi) is 7.58. The molecule has 6 heteroatoms. The number of amides is 2. The smallest absolute Gasteiger partial charge is 0.255 e. The van der Waals surface area contributed by atoms with Crippen LogP contribution in [0, 0.1) is 0 Å². The van der Waals surface area contributed by atoms with Gasteiger partial charge in [-0.2, -0.15) is 0 Å². The van der Waals surface area contributed by atoms with Gasteiger partial charge in [-0.1, -0.05) is 25.0 Å². The molecule has 0 bridgehead atoms. The van der Waals surface area contributed by atoms with Crippen LogP contribution >= 0.6 is 11.8 Å². The summed E-state index contributed by atoms with van der Waals surface area (Å²) in [5.41, 5.74) is 1.14. The van der Waals surface area contributed by atoms with Crippen molar-refractivity contribution < 1.29 is 14.3 Å². The molecule has 1 saturated heterocycles. The van der Waals surface area contributed by atoms with Gasteiger partial charge >= 0.3 is 0 Å². The molecule has 0 unspecified atom stereocenters. The molecule has 0 aromatic heterocycles. The second-order valence-electron chi connectivity index (χ2n) is 7.18. The molecule has 1 heterocycles. The molecule has 0 aliphatic carbocycles. The molecule has 1 aliphatic rings. The molecule has 29 heavy (non-hydrogen) atoms. The molecule has 154 valence electrons. The quantitative estimate of drug-likeness (QED) is 0.691. The maximum Gasteiger partial charge on any atom is 0.255 e. The zero-order valence-corrected chi connectivity index (χ0v) is 17.8. The van der Waals surface area contributed by atoms with Gasteiger partial charge in [0.2, 0.25) is 5.91 Å². The molecule has 0 saturated carbocycles. The third-order valence-corrected chi connectivity index (χ3v) is 6.16. The van der Waals surface area contributed by atoms with Crippen LogP contribution in [0.1, 0.15) is 43.0 Å². The second-order valence-corrected chi connectivity index (χ2v) is 8.59. The van der Waals surface area contributed by atoms with Gasteiger partial charge in [0.25, 0.3) is 5.91 Å². The van der Waals surface area contributed by atoms with E-state index in [1.807, 2.05) is 48.2 Å². The molecule has 2 aromatic rings. The zero-order valence-electron chi connectivity index (χ0n) is 17.0. The Balaban J connectivity index is 1.67. The van der Waals surface area contributed by atoms with Crippen molar-refractivity contribution >= 4 is 29.3 Å². The molecule has 1 fully saturated rings. The molecule has 2 amide bonds. The highest BCUT2D eigenvalue weighted by atomic mass is 32.2. The van der Waals surface area contributed by atoms with Crippen LogP contribution in [0.25, 0.3) is 0 Å². The fourth-order valence-electron chi connectivity index (χ4n) is 3.37. The van der Waals surface area contributed by atoms with E-state index in [2.05, 4.69) is 5.32 Å². The number of likely N-dealkylation sites (tertiary alicyclic amines) is 1. The normalized spacial score (nSPS) is 15.3. The van der Waals surface area contributed by atoms with Gasteiger partial charge in [0.15, 0.2) is 0 Å². The number of benzene rings is 2. The number of carbonyl (C=O) groups is 2. The van der Waals surface area contributed by atoms with Crippen LogP contribution < -0.4 is 10.1 Å². The average Bonchev–Trinajstić information content (AvgIpc) is 3.04. The number of thioether (sulfide) groups is 1. The van der Waals surface area contributed by atoms with E-state index in [9.17, 15) is 9.59 Å². The highest BCUT2D eigenvalue weighted by molar-refractivity contribution is 8.00. The number of nitrogens with zero attached hydrogens (tertiary/aromatic N) is 1. The number of nitrogens with one attached hydrogen (secondary N) is 1. The lowest BCUT2D eigenvalue weighted by molar-refractivity contribution is -0.115. The topological polar surface area (TPSA) is 58.6 Å². The number of rotatable bonds is 6. The highest BCUT2D eigenvalue weighted by Gasteiger charge is 2.22. The maximum atomic E-state index is 13.0. The van der Waals surface area contributed by atoms with Gasteiger partial charge in [0.1, 0.15) is 5.75 Å². The number of methoxy groups -OCH3 is 1. The number of para-hydroxylation sites is 1. The van der Waals surface area contributed by atoms with Crippen LogP contribution in [0.5, 0.6) is 5.75 Å². The summed E-state index contributed by atoms with van der Waals surface area (Å²) in [5.74, 6) is 0.660. The molecule has 0 radical (unpaired) electrons. The third kappa shape index (κ3) is 5.76. The first-order chi connectivity index (χ1) is 14.1. The van der Waals surface area contributed by atoms with Crippen LogP contribution in [0.4, 0.5) is 5.69 Å². The number of carbonyl (C=O) groups excluding carboxylic acids is 2. The summed E-state index contributed by atoms with van der Waals surface area (Å²) in [6.45, 7) is 3.43. The number of hydrogen-bond acceptors (Lipinski definition) is 4. The molecular weight excluding hydrogens is 384 g/mol. The number of anilines is 1. The van der Waals surface area contributed by atoms with Crippen LogP contribution in [0.2, 0.25) is 0 Å². The summed E-state index contributed by atoms with van der Waals surface area (Å²) in [4.78, 5) is 28.7. The second kappa shape index (κ2) is 10.3. The van der Waals surface area contributed by atoms with E-state index >= 15 is 0 Å². The molecule has 1 N–H and O–H groups in total. The summed E-state index contributed by atoms with van der Waals surface area (Å²) in [7, 11) is 1.63. The summed E-state index contributed by atoms with van der Waals surface area (Å²) in [6.07, 6.45) is 4.41. The van der Waals surface area contributed by atoms with Crippen molar-refractivity contribution in [1.29, 1.82) is 0 Å². The van der Waals surface area contributed by atoms with Gasteiger partial charge in [-0.15, -0.1) is 11.8 Å². The molecule has 3 rings (SSSR count). The fourth-order valence-corrected chi connectivity index (χ4v) is 4.24. The number of hydrogen-bond donors (Lipinski definition) is 1. The van der Waals surface area contributed by atoms with E-state index in [0.717, 1.165) is 36.6 Å². The lowest BCUT2D eigenvalue weighted by atomic mass is 10.1. The predicted octanol–water partition coefficient (Wildman–Crippen LogP) is 4.83. The first kappa shape index (κ1) is 21.2. The monoisotopic (exact) mass is 412 g/mol.